The van der Waals surface area contributed by atoms with Gasteiger partial charge in [-0.05, 0) is 62.9 Å². The van der Waals surface area contributed by atoms with Gasteiger partial charge in [-0.15, -0.1) is 0 Å². The van der Waals surface area contributed by atoms with E-state index >= 15 is 0 Å². The van der Waals surface area contributed by atoms with Gasteiger partial charge in [0.25, 0.3) is 0 Å². The fourth-order valence-electron chi connectivity index (χ4n) is 4.14. The van der Waals surface area contributed by atoms with Gasteiger partial charge >= 0.3 is 0 Å². The average Bonchev–Trinajstić information content (AvgIpc) is 2.76. The number of nitrogens with zero attached hydrogens (tertiary/aromatic N) is 1. The first kappa shape index (κ1) is 16.9. The van der Waals surface area contributed by atoms with E-state index in [0.717, 1.165) is 12.1 Å². The first-order chi connectivity index (χ1) is 13.8. The number of aliphatic imine (C=N–C) groups is 1. The molecular weight excluding hydrogens is 338 g/mol. The van der Waals surface area contributed by atoms with E-state index in [-0.39, 0.29) is 0 Å². The van der Waals surface area contributed by atoms with Crippen molar-refractivity contribution in [1.82, 2.24) is 0 Å². The van der Waals surface area contributed by atoms with Crippen LogP contribution >= 0.6 is 0 Å². The van der Waals surface area contributed by atoms with Gasteiger partial charge in [-0.25, -0.2) is 0 Å². The molecule has 1 heteroatoms. The molecule has 0 fully saturated rings. The Morgan fingerprint density at radius 3 is 2.14 bits per heavy atom. The molecule has 0 heterocycles. The molecule has 136 valence electrons. The van der Waals surface area contributed by atoms with Crippen LogP contribution in [0.4, 0.5) is 5.69 Å². The van der Waals surface area contributed by atoms with E-state index < -0.39 is 0 Å². The van der Waals surface area contributed by atoms with Crippen molar-refractivity contribution in [2.45, 2.75) is 26.2 Å². The summed E-state index contributed by atoms with van der Waals surface area (Å²) in [5.41, 5.74) is 3.57. The first-order valence-electron chi connectivity index (χ1n) is 10.1. The second-order valence-corrected chi connectivity index (χ2v) is 7.54. The van der Waals surface area contributed by atoms with E-state index in [1.807, 2.05) is 6.21 Å². The molecule has 5 aromatic carbocycles. The molecular formula is C27H23N. The Hall–Kier alpha value is -3.19. The summed E-state index contributed by atoms with van der Waals surface area (Å²) in [5, 5.41) is 7.85. The van der Waals surface area contributed by atoms with Crippen LogP contribution in [0, 0.1) is 0 Å². The molecule has 5 aromatic rings. The van der Waals surface area contributed by atoms with Crippen LogP contribution in [-0.4, -0.2) is 6.21 Å². The highest BCUT2D eigenvalue weighted by molar-refractivity contribution is 6.25. The van der Waals surface area contributed by atoms with Crippen molar-refractivity contribution in [2.75, 3.05) is 0 Å². The zero-order valence-corrected chi connectivity index (χ0v) is 16.2. The van der Waals surface area contributed by atoms with Gasteiger partial charge in [0.1, 0.15) is 0 Å². The minimum Gasteiger partial charge on any atom is -0.256 e. The Bertz CT molecular complexity index is 1260. The molecule has 0 aliphatic rings. The third kappa shape index (κ3) is 2.93. The first-order valence-corrected chi connectivity index (χ1v) is 10.1. The van der Waals surface area contributed by atoms with Gasteiger partial charge in [0.05, 0.1) is 5.69 Å². The van der Waals surface area contributed by atoms with Gasteiger partial charge in [0.2, 0.25) is 0 Å². The summed E-state index contributed by atoms with van der Waals surface area (Å²) in [5.74, 6) is 0. The SMILES string of the molecule is CCCCc1ccc(N=Cc2ccc3ccc4cccc5ccc2c3c45)cc1. The lowest BCUT2D eigenvalue weighted by molar-refractivity contribution is 0.795. The molecule has 0 spiro atoms. The average molecular weight is 361 g/mol. The maximum Gasteiger partial charge on any atom is 0.0630 e. The summed E-state index contributed by atoms with van der Waals surface area (Å²) < 4.78 is 0. The summed E-state index contributed by atoms with van der Waals surface area (Å²) in [6, 6.07) is 28.5. The van der Waals surface area contributed by atoms with Crippen molar-refractivity contribution in [3.05, 3.63) is 90.0 Å². The van der Waals surface area contributed by atoms with Crippen LogP contribution in [-0.2, 0) is 6.42 Å². The van der Waals surface area contributed by atoms with Gasteiger partial charge < -0.3 is 0 Å². The molecule has 0 N–H and O–H groups in total. The van der Waals surface area contributed by atoms with Crippen LogP contribution < -0.4 is 0 Å². The molecule has 28 heavy (non-hydrogen) atoms. The maximum atomic E-state index is 4.76. The molecule has 0 saturated heterocycles. The maximum absolute atomic E-state index is 4.76. The van der Waals surface area contributed by atoms with Gasteiger partial charge in [0.15, 0.2) is 0 Å². The fraction of sp³-hybridized carbons (Fsp3) is 0.148. The summed E-state index contributed by atoms with van der Waals surface area (Å²) in [7, 11) is 0. The van der Waals surface area contributed by atoms with Crippen LogP contribution in [0.1, 0.15) is 30.9 Å². The lowest BCUT2D eigenvalue weighted by atomic mass is 9.92. The summed E-state index contributed by atoms with van der Waals surface area (Å²) in [6.07, 6.45) is 5.63. The molecule has 0 bridgehead atoms. The molecule has 0 saturated carbocycles. The fourth-order valence-corrected chi connectivity index (χ4v) is 4.14. The van der Waals surface area contributed by atoms with Crippen molar-refractivity contribution in [3.8, 4) is 0 Å². The van der Waals surface area contributed by atoms with Crippen LogP contribution in [0.3, 0.4) is 0 Å². The smallest absolute Gasteiger partial charge is 0.0630 e. The normalized spacial score (nSPS) is 12.0. The molecule has 5 rings (SSSR count). The van der Waals surface area contributed by atoms with Gasteiger partial charge in [-0.2, -0.15) is 0 Å². The Balaban J connectivity index is 1.56. The molecule has 1 nitrogen and oxygen atoms in total. The highest BCUT2D eigenvalue weighted by Gasteiger charge is 2.09. The minimum absolute atomic E-state index is 1.01. The van der Waals surface area contributed by atoms with E-state index in [1.54, 1.807) is 0 Å². The topological polar surface area (TPSA) is 12.4 Å². The van der Waals surface area contributed by atoms with Crippen LogP contribution in [0.25, 0.3) is 32.3 Å². The molecule has 0 aromatic heterocycles. The lowest BCUT2D eigenvalue weighted by Gasteiger charge is -2.12. The molecule has 0 amide bonds. The highest BCUT2D eigenvalue weighted by Crippen LogP contribution is 2.35. The summed E-state index contributed by atoms with van der Waals surface area (Å²) in [4.78, 5) is 4.76. The van der Waals surface area contributed by atoms with E-state index in [1.165, 1.54) is 56.3 Å². The monoisotopic (exact) mass is 361 g/mol. The Morgan fingerprint density at radius 2 is 1.39 bits per heavy atom. The zero-order valence-electron chi connectivity index (χ0n) is 16.2. The Morgan fingerprint density at radius 1 is 0.714 bits per heavy atom. The van der Waals surface area contributed by atoms with Crippen molar-refractivity contribution >= 4 is 44.2 Å². The summed E-state index contributed by atoms with van der Waals surface area (Å²) >= 11 is 0. The van der Waals surface area contributed by atoms with E-state index in [9.17, 15) is 0 Å². The number of aryl methyl sites for hydroxylation is 1. The van der Waals surface area contributed by atoms with Gasteiger partial charge in [-0.3, -0.25) is 4.99 Å². The molecule has 0 unspecified atom stereocenters. The molecule has 0 aliphatic carbocycles. The molecule has 0 aliphatic heterocycles. The Labute approximate surface area is 165 Å². The van der Waals surface area contributed by atoms with Gasteiger partial charge in [0, 0.05) is 11.8 Å². The van der Waals surface area contributed by atoms with Crippen LogP contribution in [0.15, 0.2) is 83.9 Å². The van der Waals surface area contributed by atoms with Crippen LogP contribution in [0.5, 0.6) is 0 Å². The third-order valence-electron chi connectivity index (χ3n) is 5.67. The number of rotatable bonds is 5. The van der Waals surface area contributed by atoms with E-state index in [4.69, 9.17) is 4.99 Å². The quantitative estimate of drug-likeness (QED) is 0.225. The Kier molecular flexibility index (Phi) is 4.29. The van der Waals surface area contributed by atoms with Crippen molar-refractivity contribution in [1.29, 1.82) is 0 Å². The third-order valence-corrected chi connectivity index (χ3v) is 5.67. The number of unbranched alkanes of at least 4 members (excludes halogenated alkanes) is 1. The zero-order chi connectivity index (χ0) is 18.9. The second-order valence-electron chi connectivity index (χ2n) is 7.54. The number of benzene rings is 5. The van der Waals surface area contributed by atoms with Crippen molar-refractivity contribution < 1.29 is 0 Å². The van der Waals surface area contributed by atoms with Crippen LogP contribution in [0.2, 0.25) is 0 Å². The van der Waals surface area contributed by atoms with Crippen molar-refractivity contribution in [3.63, 3.8) is 0 Å². The van der Waals surface area contributed by atoms with Crippen molar-refractivity contribution in [2.24, 2.45) is 4.99 Å². The molecule has 0 atom stereocenters. The standard InChI is InChI=1S/C27H23N/c1-2-3-5-19-8-15-24(16-9-19)28-18-23-13-12-22-11-10-20-6-4-7-21-14-17-25(23)27(22)26(20)21/h4,6-18H,2-3,5H2,1H3. The largest absolute Gasteiger partial charge is 0.256 e. The van der Waals surface area contributed by atoms with E-state index in [2.05, 4.69) is 85.8 Å². The predicted octanol–water partition coefficient (Wildman–Crippen LogP) is 7.68. The minimum atomic E-state index is 1.01. The number of hydrogen-bond donors (Lipinski definition) is 0. The lowest BCUT2D eigenvalue weighted by Crippen LogP contribution is -1.89. The second kappa shape index (κ2) is 7.09. The van der Waals surface area contributed by atoms with E-state index in [0.29, 0.717) is 0 Å². The molecule has 0 radical (unpaired) electrons. The summed E-state index contributed by atoms with van der Waals surface area (Å²) in [6.45, 7) is 2.23. The number of hydrogen-bond acceptors (Lipinski definition) is 1. The predicted molar refractivity (Wildman–Crippen MR) is 122 cm³/mol. The highest BCUT2D eigenvalue weighted by atomic mass is 14.7. The van der Waals surface area contributed by atoms with Gasteiger partial charge in [-0.1, -0.05) is 80.1 Å².